The number of piperidine rings is 1. The van der Waals surface area contributed by atoms with Gasteiger partial charge in [0.15, 0.2) is 11.4 Å². The van der Waals surface area contributed by atoms with Gasteiger partial charge < -0.3 is 25.3 Å². The largest absolute Gasteiger partial charge is 0.481 e. The lowest BCUT2D eigenvalue weighted by Crippen LogP contribution is -2.35. The monoisotopic (exact) mass is 710 g/mol. The minimum atomic E-state index is -0.732. The lowest BCUT2D eigenvalue weighted by molar-refractivity contribution is -0.143. The van der Waals surface area contributed by atoms with E-state index in [1.54, 1.807) is 13.1 Å². The molecule has 7 rings (SSSR count). The second kappa shape index (κ2) is 15.1. The number of aromatic nitrogens is 4. The van der Waals surface area contributed by atoms with Crippen molar-refractivity contribution in [3.8, 4) is 28.7 Å². The van der Waals surface area contributed by atoms with Gasteiger partial charge in [0.25, 0.3) is 0 Å². The molecule has 1 aliphatic rings. The first-order valence-electron chi connectivity index (χ1n) is 17.9. The molecule has 0 unspecified atom stereocenters. The Morgan fingerprint density at radius 1 is 0.981 bits per heavy atom. The van der Waals surface area contributed by atoms with Crippen LogP contribution in [0.25, 0.3) is 44.7 Å². The average molecular weight is 711 g/mol. The molecule has 1 aliphatic heterocycles. The van der Waals surface area contributed by atoms with Crippen LogP contribution in [0.1, 0.15) is 53.4 Å². The zero-order valence-corrected chi connectivity index (χ0v) is 30.3. The van der Waals surface area contributed by atoms with Gasteiger partial charge in [-0.15, -0.1) is 0 Å². The van der Waals surface area contributed by atoms with Gasteiger partial charge in [-0.3, -0.25) is 14.7 Å². The van der Waals surface area contributed by atoms with Crippen LogP contribution < -0.4 is 10.6 Å². The van der Waals surface area contributed by atoms with Crippen molar-refractivity contribution >= 4 is 39.6 Å². The number of rotatable bonds is 11. The average Bonchev–Trinajstić information content (AvgIpc) is 3.56. The number of oxazole rings is 1. The normalized spacial score (nSPS) is 14.4. The quantitative estimate of drug-likeness (QED) is 0.111. The summed E-state index contributed by atoms with van der Waals surface area (Å²) in [6.45, 7) is 10.8. The van der Waals surface area contributed by atoms with E-state index in [-0.39, 0.29) is 5.92 Å². The molecule has 6 aromatic rings. The Bertz CT molecular complexity index is 2370. The number of fused-ring (bicyclic) bond motifs is 2. The molecule has 4 N–H and O–H groups in total. The lowest BCUT2D eigenvalue weighted by atomic mass is 9.93. The molecule has 53 heavy (non-hydrogen) atoms. The van der Waals surface area contributed by atoms with Crippen LogP contribution in [0.15, 0.2) is 65.2 Å². The second-order valence-corrected chi connectivity index (χ2v) is 13.9. The molecule has 4 heterocycles. The lowest BCUT2D eigenvalue weighted by Gasteiger charge is -2.30. The molecule has 1 saturated heterocycles. The summed E-state index contributed by atoms with van der Waals surface area (Å²) < 4.78 is 6.30. The van der Waals surface area contributed by atoms with Crippen LogP contribution in [-0.4, -0.2) is 66.8 Å². The number of anilines is 2. The fraction of sp³-hybridized carbons (Fsp3) is 0.317. The number of hydrogen-bond acceptors (Lipinski definition) is 11. The maximum absolute atomic E-state index is 11.4. The summed E-state index contributed by atoms with van der Waals surface area (Å²) in [5.74, 6) is 0.651. The number of benzene rings is 3. The Morgan fingerprint density at radius 3 is 2.43 bits per heavy atom. The van der Waals surface area contributed by atoms with E-state index in [2.05, 4.69) is 52.6 Å². The van der Waals surface area contributed by atoms with E-state index in [4.69, 9.17) is 19.4 Å². The Morgan fingerprint density at radius 2 is 1.70 bits per heavy atom. The molecular formula is C41H42N8O4. The second-order valence-electron chi connectivity index (χ2n) is 13.9. The van der Waals surface area contributed by atoms with Crippen LogP contribution >= 0.6 is 0 Å². The third-order valence-electron chi connectivity index (χ3n) is 9.93. The zero-order valence-electron chi connectivity index (χ0n) is 30.3. The maximum atomic E-state index is 11.4. The minimum Gasteiger partial charge on any atom is -0.481 e. The van der Waals surface area contributed by atoms with Crippen molar-refractivity contribution in [2.75, 3.05) is 25.0 Å². The Hall–Kier alpha value is -5.74. The maximum Gasteiger partial charge on any atom is 0.306 e. The molecular weight excluding hydrogens is 669 g/mol. The molecule has 0 radical (unpaired) electrons. The highest BCUT2D eigenvalue weighted by atomic mass is 16.4. The van der Waals surface area contributed by atoms with Crippen molar-refractivity contribution in [2.45, 2.75) is 59.7 Å². The van der Waals surface area contributed by atoms with E-state index >= 15 is 0 Å². The molecule has 270 valence electrons. The molecule has 3 aromatic heterocycles. The summed E-state index contributed by atoms with van der Waals surface area (Å²) >= 11 is 0. The first-order valence-corrected chi connectivity index (χ1v) is 17.9. The molecule has 3 aromatic carbocycles. The number of carboxylic acid groups (broad SMARTS) is 1. The number of likely N-dealkylation sites (tertiary alicyclic amines) is 1. The minimum absolute atomic E-state index is 0.298. The smallest absolute Gasteiger partial charge is 0.306 e. The van der Waals surface area contributed by atoms with Crippen molar-refractivity contribution in [3.05, 3.63) is 94.4 Å². The van der Waals surface area contributed by atoms with Gasteiger partial charge in [0.1, 0.15) is 22.9 Å². The number of carboxylic acids is 1. The molecule has 0 aliphatic carbocycles. The van der Waals surface area contributed by atoms with Crippen molar-refractivity contribution in [1.29, 1.82) is 5.26 Å². The summed E-state index contributed by atoms with van der Waals surface area (Å²) in [4.78, 5) is 32.6. The van der Waals surface area contributed by atoms with Gasteiger partial charge in [-0.05, 0) is 117 Å². The van der Waals surface area contributed by atoms with Gasteiger partial charge >= 0.3 is 5.97 Å². The Labute approximate surface area is 307 Å². The topological polar surface area (TPSA) is 173 Å². The molecule has 0 amide bonds. The highest BCUT2D eigenvalue weighted by Gasteiger charge is 2.25. The third-order valence-corrected chi connectivity index (χ3v) is 9.93. The van der Waals surface area contributed by atoms with Crippen LogP contribution in [0, 0.1) is 38.0 Å². The highest BCUT2D eigenvalue weighted by molar-refractivity contribution is 5.89. The fourth-order valence-corrected chi connectivity index (χ4v) is 7.11. The van der Waals surface area contributed by atoms with Gasteiger partial charge in [-0.2, -0.15) is 5.26 Å². The van der Waals surface area contributed by atoms with Crippen LogP contribution in [0.3, 0.4) is 0 Å². The van der Waals surface area contributed by atoms with Gasteiger partial charge in [-0.1, -0.05) is 24.3 Å². The summed E-state index contributed by atoms with van der Waals surface area (Å²) in [6, 6.07) is 20.3. The fourth-order valence-electron chi connectivity index (χ4n) is 7.11. The van der Waals surface area contributed by atoms with Crippen LogP contribution in [0.4, 0.5) is 11.5 Å². The van der Waals surface area contributed by atoms with E-state index in [0.717, 1.165) is 50.1 Å². The first kappa shape index (κ1) is 35.7. The molecule has 1 atom stereocenters. The van der Waals surface area contributed by atoms with Gasteiger partial charge in [0.2, 0.25) is 5.89 Å². The van der Waals surface area contributed by atoms with E-state index < -0.39 is 12.1 Å². The number of aliphatic hydroxyl groups is 1. The summed E-state index contributed by atoms with van der Waals surface area (Å²) in [7, 11) is 0. The first-order chi connectivity index (χ1) is 25.6. The molecule has 0 saturated carbocycles. The van der Waals surface area contributed by atoms with Gasteiger partial charge in [0.05, 0.1) is 23.1 Å². The molecule has 12 nitrogen and oxygen atoms in total. The van der Waals surface area contributed by atoms with Gasteiger partial charge in [-0.25, -0.2) is 15.0 Å². The molecule has 1 fully saturated rings. The Kier molecular flexibility index (Phi) is 10.1. The number of aliphatic hydroxyl groups excluding tert-OH is 1. The summed E-state index contributed by atoms with van der Waals surface area (Å²) in [6.07, 6.45) is 2.60. The van der Waals surface area contributed by atoms with E-state index in [0.29, 0.717) is 85.3 Å². The van der Waals surface area contributed by atoms with Gasteiger partial charge in [0, 0.05) is 37.1 Å². The van der Waals surface area contributed by atoms with E-state index in [9.17, 15) is 20.3 Å². The van der Waals surface area contributed by atoms with Crippen molar-refractivity contribution < 1.29 is 19.4 Å². The van der Waals surface area contributed by atoms with Crippen molar-refractivity contribution in [3.63, 3.8) is 0 Å². The Balaban J connectivity index is 1.16. The number of nitrogens with one attached hydrogen (secondary N) is 2. The third kappa shape index (κ3) is 7.59. The predicted molar refractivity (Wildman–Crippen MR) is 203 cm³/mol. The number of nitriles is 1. The number of carbonyl (C=O) groups is 1. The summed E-state index contributed by atoms with van der Waals surface area (Å²) in [5.41, 5.74) is 10.6. The van der Waals surface area contributed by atoms with Crippen LogP contribution in [-0.2, 0) is 17.9 Å². The molecule has 0 bridgehead atoms. The van der Waals surface area contributed by atoms with Crippen LogP contribution in [0.2, 0.25) is 0 Å². The number of aliphatic carboxylic acids is 1. The zero-order chi connectivity index (χ0) is 37.2. The SMILES string of the molecule is Cc1nc(Nc2cccc(-c3cccc(-c4nc5cc(CN6CCC(C(=O)O)CC6)cc(C#N)c5o4)c3C)c2C)c2ncc(CNC[C@H](C)O)cc2n1. The number of aryl methyl sites for hydroxylation is 1. The molecule has 0 spiro atoms. The standard InChI is InChI=1S/C41H42N8O4/c1-23(50)19-43-20-28-17-35-37(44-21-28)39(46-26(4)45-35)47-34-10-6-8-32(25(34)3)31-7-5-9-33(24(31)2)40-48-36-16-27(15-30(18-42)38(36)53-40)22-49-13-11-29(12-14-49)41(51)52/h5-10,15-17,21,23,29,43,50H,11-14,19-20,22H2,1-4H3,(H,51,52)(H,45,46,47)/t23-/m0/s1. The number of hydrogen-bond donors (Lipinski definition) is 4. The number of nitrogens with zero attached hydrogens (tertiary/aromatic N) is 6. The van der Waals surface area contributed by atoms with Crippen molar-refractivity contribution in [2.24, 2.45) is 5.92 Å². The van der Waals surface area contributed by atoms with E-state index in [1.165, 1.54) is 0 Å². The predicted octanol–water partition coefficient (Wildman–Crippen LogP) is 6.81. The summed E-state index contributed by atoms with van der Waals surface area (Å²) in [5, 5.41) is 35.7. The molecule has 12 heteroatoms. The highest BCUT2D eigenvalue weighted by Crippen LogP contribution is 2.38. The van der Waals surface area contributed by atoms with E-state index in [1.807, 2.05) is 49.4 Å². The number of pyridine rings is 1. The van der Waals surface area contributed by atoms with Crippen LogP contribution in [0.5, 0.6) is 0 Å². The van der Waals surface area contributed by atoms with Crippen molar-refractivity contribution in [1.82, 2.24) is 30.2 Å².